The lowest BCUT2D eigenvalue weighted by atomic mass is 9.88. The first kappa shape index (κ1) is 23.9. The number of halogens is 1. The van der Waals surface area contributed by atoms with Gasteiger partial charge in [0.05, 0.1) is 16.8 Å². The van der Waals surface area contributed by atoms with Crippen LogP contribution in [0, 0.1) is 5.82 Å². The molecule has 35 heavy (non-hydrogen) atoms. The summed E-state index contributed by atoms with van der Waals surface area (Å²) in [6.07, 6.45) is 7.10. The molecule has 5 rings (SSSR count). The third kappa shape index (κ3) is 5.23. The van der Waals surface area contributed by atoms with E-state index in [1.54, 1.807) is 42.9 Å². The molecule has 7 nitrogen and oxygen atoms in total. The van der Waals surface area contributed by atoms with E-state index < -0.39 is 15.6 Å². The number of piperidine rings is 1. The summed E-state index contributed by atoms with van der Waals surface area (Å²) in [6, 6.07) is 11.3. The van der Waals surface area contributed by atoms with Gasteiger partial charge in [0, 0.05) is 54.7 Å². The Hall–Kier alpha value is -2.85. The van der Waals surface area contributed by atoms with Gasteiger partial charge in [-0.3, -0.25) is 4.98 Å². The number of sulfonamides is 1. The maximum Gasteiger partial charge on any atom is 0.241 e. The van der Waals surface area contributed by atoms with Crippen molar-refractivity contribution in [3.8, 4) is 0 Å². The molecule has 1 aliphatic heterocycles. The van der Waals surface area contributed by atoms with Crippen molar-refractivity contribution in [1.82, 2.24) is 14.6 Å². The Morgan fingerprint density at radius 2 is 1.97 bits per heavy atom. The molecule has 184 valence electrons. The predicted molar refractivity (Wildman–Crippen MR) is 132 cm³/mol. The quantitative estimate of drug-likeness (QED) is 0.384. The van der Waals surface area contributed by atoms with Crippen molar-refractivity contribution in [3.63, 3.8) is 0 Å². The van der Waals surface area contributed by atoms with Gasteiger partial charge in [-0.1, -0.05) is 12.1 Å². The fourth-order valence-electron chi connectivity index (χ4n) is 4.79. The average Bonchev–Trinajstić information content (AvgIpc) is 3.25. The molecule has 1 fully saturated rings. The van der Waals surface area contributed by atoms with E-state index in [0.717, 1.165) is 29.3 Å². The van der Waals surface area contributed by atoms with Crippen LogP contribution >= 0.6 is 0 Å². The molecule has 0 saturated carbocycles. The van der Waals surface area contributed by atoms with Crippen molar-refractivity contribution < 1.29 is 22.3 Å². The molecule has 0 bridgehead atoms. The zero-order valence-electron chi connectivity index (χ0n) is 19.3. The summed E-state index contributed by atoms with van der Waals surface area (Å²) in [5.74, 6) is -0.281. The van der Waals surface area contributed by atoms with Crippen LogP contribution in [0.2, 0.25) is 0 Å². The Labute approximate surface area is 203 Å². The standard InChI is InChI=1S/C26H28FN3O4S/c27-21-4-5-24-23(16-21)20(18-34-24)7-13-30-14-9-26(31,10-15-30)8-12-29-35(32,33)25-3-1-2-19-17-28-11-6-22(19)25/h1-6,11,16-18,29,31H,7-10,12-15H2. The lowest BCUT2D eigenvalue weighted by Gasteiger charge is -2.38. The summed E-state index contributed by atoms with van der Waals surface area (Å²) in [6.45, 7) is 2.37. The molecular weight excluding hydrogens is 469 g/mol. The monoisotopic (exact) mass is 497 g/mol. The van der Waals surface area contributed by atoms with Crippen molar-refractivity contribution in [3.05, 3.63) is 72.5 Å². The van der Waals surface area contributed by atoms with E-state index in [4.69, 9.17) is 4.42 Å². The summed E-state index contributed by atoms with van der Waals surface area (Å²) in [4.78, 5) is 6.53. The molecule has 2 aromatic carbocycles. The first-order valence-corrected chi connectivity index (χ1v) is 13.2. The zero-order valence-corrected chi connectivity index (χ0v) is 20.1. The fraction of sp³-hybridized carbons (Fsp3) is 0.346. The van der Waals surface area contributed by atoms with Crippen molar-refractivity contribution in [1.29, 1.82) is 0 Å². The highest BCUT2D eigenvalue weighted by Crippen LogP contribution is 2.28. The smallest absolute Gasteiger partial charge is 0.241 e. The number of furan rings is 1. The molecule has 0 amide bonds. The molecule has 0 atom stereocenters. The van der Waals surface area contributed by atoms with E-state index in [-0.39, 0.29) is 17.3 Å². The fourth-order valence-corrected chi connectivity index (χ4v) is 6.05. The van der Waals surface area contributed by atoms with Gasteiger partial charge >= 0.3 is 0 Å². The Balaban J connectivity index is 1.13. The largest absolute Gasteiger partial charge is 0.464 e. The number of fused-ring (bicyclic) bond motifs is 2. The number of rotatable bonds is 8. The van der Waals surface area contributed by atoms with Gasteiger partial charge in [-0.2, -0.15) is 0 Å². The third-order valence-corrected chi connectivity index (χ3v) is 8.43. The average molecular weight is 498 g/mol. The van der Waals surface area contributed by atoms with Gasteiger partial charge in [-0.15, -0.1) is 0 Å². The van der Waals surface area contributed by atoms with Crippen LogP contribution in [0.5, 0.6) is 0 Å². The number of nitrogens with one attached hydrogen (secondary N) is 1. The van der Waals surface area contributed by atoms with Crippen LogP contribution in [0.4, 0.5) is 4.39 Å². The minimum absolute atomic E-state index is 0.160. The maximum atomic E-state index is 13.6. The highest BCUT2D eigenvalue weighted by molar-refractivity contribution is 7.89. The molecule has 9 heteroatoms. The van der Waals surface area contributed by atoms with Crippen molar-refractivity contribution in [2.24, 2.45) is 0 Å². The van der Waals surface area contributed by atoms with E-state index in [1.807, 2.05) is 6.07 Å². The van der Waals surface area contributed by atoms with Crippen LogP contribution < -0.4 is 4.72 Å². The second kappa shape index (κ2) is 9.66. The Bertz CT molecular complexity index is 1440. The first-order valence-electron chi connectivity index (χ1n) is 11.8. The highest BCUT2D eigenvalue weighted by atomic mass is 32.2. The van der Waals surface area contributed by atoms with E-state index in [0.29, 0.717) is 43.3 Å². The summed E-state index contributed by atoms with van der Waals surface area (Å²) in [5.41, 5.74) is 0.740. The Morgan fingerprint density at radius 3 is 2.80 bits per heavy atom. The number of benzene rings is 2. The van der Waals surface area contributed by atoms with Crippen LogP contribution in [0.3, 0.4) is 0 Å². The molecule has 0 aliphatic carbocycles. The molecule has 1 aliphatic rings. The zero-order chi connectivity index (χ0) is 24.5. The summed E-state index contributed by atoms with van der Waals surface area (Å²) in [5, 5.41) is 13.2. The Kier molecular flexibility index (Phi) is 6.59. The van der Waals surface area contributed by atoms with Crippen molar-refractivity contribution in [2.75, 3.05) is 26.2 Å². The molecule has 0 unspecified atom stereocenters. The van der Waals surface area contributed by atoms with Gasteiger partial charge in [0.25, 0.3) is 0 Å². The lowest BCUT2D eigenvalue weighted by Crippen LogP contribution is -2.46. The third-order valence-electron chi connectivity index (χ3n) is 6.91. The molecule has 0 spiro atoms. The Morgan fingerprint density at radius 1 is 1.14 bits per heavy atom. The number of nitrogens with zero attached hydrogens (tertiary/aromatic N) is 2. The number of aromatic nitrogens is 1. The minimum atomic E-state index is -3.71. The van der Waals surface area contributed by atoms with E-state index in [1.165, 1.54) is 12.1 Å². The first-order chi connectivity index (χ1) is 16.8. The summed E-state index contributed by atoms with van der Waals surface area (Å²) >= 11 is 0. The van der Waals surface area contributed by atoms with Gasteiger partial charge in [0.2, 0.25) is 10.0 Å². The number of hydrogen-bond acceptors (Lipinski definition) is 6. The van der Waals surface area contributed by atoms with Gasteiger partial charge < -0.3 is 14.4 Å². The van der Waals surface area contributed by atoms with Crippen molar-refractivity contribution in [2.45, 2.75) is 36.2 Å². The minimum Gasteiger partial charge on any atom is -0.464 e. The lowest BCUT2D eigenvalue weighted by molar-refractivity contribution is -0.0258. The molecule has 1 saturated heterocycles. The second-order valence-electron chi connectivity index (χ2n) is 9.22. The summed E-state index contributed by atoms with van der Waals surface area (Å²) in [7, 11) is -3.71. The number of likely N-dealkylation sites (tertiary alicyclic amines) is 1. The molecular formula is C26H28FN3O4S. The molecule has 3 heterocycles. The second-order valence-corrected chi connectivity index (χ2v) is 11.0. The van der Waals surface area contributed by atoms with Crippen LogP contribution in [0.15, 0.2) is 70.4 Å². The van der Waals surface area contributed by atoms with Gasteiger partial charge in [-0.25, -0.2) is 17.5 Å². The normalized spacial score (nSPS) is 16.7. The van der Waals surface area contributed by atoms with E-state index in [9.17, 15) is 17.9 Å². The SMILES string of the molecule is O=S(=O)(NCCC1(O)CCN(CCc2coc3ccc(F)cc23)CC1)c1cccc2cnccc12. The molecule has 2 aromatic heterocycles. The van der Waals surface area contributed by atoms with Gasteiger partial charge in [0.1, 0.15) is 11.4 Å². The molecule has 2 N–H and O–H groups in total. The van der Waals surface area contributed by atoms with Gasteiger partial charge in [0.15, 0.2) is 0 Å². The number of hydrogen-bond donors (Lipinski definition) is 2. The van der Waals surface area contributed by atoms with Crippen LogP contribution in [0.1, 0.15) is 24.8 Å². The topological polar surface area (TPSA) is 95.7 Å². The maximum absolute atomic E-state index is 13.6. The van der Waals surface area contributed by atoms with Gasteiger partial charge in [-0.05, 0) is 61.6 Å². The van der Waals surface area contributed by atoms with E-state index in [2.05, 4.69) is 14.6 Å². The number of pyridine rings is 1. The molecule has 4 aromatic rings. The summed E-state index contributed by atoms with van der Waals surface area (Å²) < 4.78 is 47.6. The molecule has 0 radical (unpaired) electrons. The van der Waals surface area contributed by atoms with Crippen LogP contribution in [-0.4, -0.2) is 55.2 Å². The van der Waals surface area contributed by atoms with Crippen LogP contribution in [0.25, 0.3) is 21.7 Å². The predicted octanol–water partition coefficient (Wildman–Crippen LogP) is 3.86. The van der Waals surface area contributed by atoms with Crippen molar-refractivity contribution >= 4 is 31.8 Å². The van der Waals surface area contributed by atoms with Crippen LogP contribution in [-0.2, 0) is 16.4 Å². The van der Waals surface area contributed by atoms with E-state index >= 15 is 0 Å². The highest BCUT2D eigenvalue weighted by Gasteiger charge is 2.32. The number of aliphatic hydroxyl groups is 1.